The maximum atomic E-state index is 7.61. The van der Waals surface area contributed by atoms with E-state index in [0.717, 1.165) is 28.3 Å². The first-order valence-corrected chi connectivity index (χ1v) is 21.6. The molecule has 0 bridgehead atoms. The van der Waals surface area contributed by atoms with Gasteiger partial charge in [-0.25, -0.2) is 19.9 Å². The van der Waals surface area contributed by atoms with Crippen molar-refractivity contribution < 1.29 is 11.5 Å². The van der Waals surface area contributed by atoms with Crippen LogP contribution in [-0.2, 0) is 14.1 Å². The van der Waals surface area contributed by atoms with Crippen molar-refractivity contribution in [3.8, 4) is 11.4 Å². The van der Waals surface area contributed by atoms with Crippen LogP contribution in [0.15, 0.2) is 146 Å². The van der Waals surface area contributed by atoms with Crippen molar-refractivity contribution in [3.05, 3.63) is 168 Å². The number of hydrogen-bond donors (Lipinski definition) is 4. The molecule has 12 rings (SSSR count). The molecule has 0 fully saturated rings. The van der Waals surface area contributed by atoms with Gasteiger partial charge in [0.15, 0.2) is 0 Å². The molecule has 0 spiro atoms. The minimum Gasteiger partial charge on any atom is -0.427 e. The standard InChI is InChI=1S/2C13H12N2.2C12H10N2.C2H6.CH5BO2/c1-9-5-3-6-10-11-7-4-8-15(2)13(11)14-12(9)10;1-9-5-3-6-10-11-7-4-8-14-13(11)15(2)12(9)10;2*1-8-4-2-5-9-10-6-3-7-13-12(10)14-11(8)9;1-2;1-2(3)4/h2*3-8H,1-2H3;2*2-7H,1H3,(H,13,14);1-2H3;3-4H,1H3/p+1. The summed E-state index contributed by atoms with van der Waals surface area (Å²) in [6.07, 6.45) is 7.50. The van der Waals surface area contributed by atoms with Crippen molar-refractivity contribution in [2.24, 2.45) is 14.1 Å². The quantitative estimate of drug-likeness (QED) is 0.112. The third-order valence-corrected chi connectivity index (χ3v) is 11.1. The maximum Gasteiger partial charge on any atom is 1.00 e. The highest BCUT2D eigenvalue weighted by atomic mass is 16.4. The molecule has 2 aliphatic heterocycles. The molecule has 4 N–H and O–H groups in total. The fourth-order valence-electron chi connectivity index (χ4n) is 8.18. The number of aromatic nitrogens is 8. The van der Waals surface area contributed by atoms with Crippen LogP contribution in [0.2, 0.25) is 6.82 Å². The molecule has 4 aromatic carbocycles. The Balaban J connectivity index is 0.000000137. The van der Waals surface area contributed by atoms with Gasteiger partial charge in [-0.3, -0.25) is 0 Å². The zero-order valence-corrected chi connectivity index (χ0v) is 38.0. The van der Waals surface area contributed by atoms with E-state index in [1.54, 1.807) is 0 Å². The first kappa shape index (κ1) is 44.7. The lowest BCUT2D eigenvalue weighted by atomic mass is 9.99. The van der Waals surface area contributed by atoms with E-state index in [9.17, 15) is 0 Å². The van der Waals surface area contributed by atoms with Gasteiger partial charge in [-0.05, 0) is 105 Å². The summed E-state index contributed by atoms with van der Waals surface area (Å²) >= 11 is 0. The Hall–Kier alpha value is -7.34. The molecule has 6 aromatic heterocycles. The van der Waals surface area contributed by atoms with Gasteiger partial charge >= 0.3 is 8.55 Å². The number of para-hydroxylation sites is 4. The summed E-state index contributed by atoms with van der Waals surface area (Å²) in [5.74, 6) is 1.06. The summed E-state index contributed by atoms with van der Waals surface area (Å²) in [5.41, 5.74) is 14.1. The Morgan fingerprint density at radius 2 is 0.969 bits per heavy atom. The van der Waals surface area contributed by atoms with Crippen LogP contribution < -0.4 is 0 Å². The number of hydrogen-bond acceptors (Lipinski definition) is 6. The van der Waals surface area contributed by atoms with E-state index in [1.165, 1.54) is 88.9 Å². The van der Waals surface area contributed by atoms with Crippen molar-refractivity contribution in [1.29, 1.82) is 0 Å². The Bertz CT molecular complexity index is 3340. The number of aryl methyl sites for hydroxylation is 6. The molecule has 2 aliphatic rings. The van der Waals surface area contributed by atoms with E-state index in [1.807, 2.05) is 63.9 Å². The third-order valence-electron chi connectivity index (χ3n) is 11.1. The number of benzene rings is 4. The second-order valence-corrected chi connectivity index (χ2v) is 15.5. The van der Waals surface area contributed by atoms with Crippen LogP contribution in [0.25, 0.3) is 88.1 Å². The molecule has 0 amide bonds. The first-order valence-electron chi connectivity index (χ1n) is 21.6. The van der Waals surface area contributed by atoms with Crippen molar-refractivity contribution in [2.75, 3.05) is 0 Å². The molecule has 10 aromatic rings. The first-order chi connectivity index (χ1) is 31.0. The van der Waals surface area contributed by atoms with E-state index >= 15 is 0 Å². The van der Waals surface area contributed by atoms with E-state index < -0.39 is 7.12 Å². The van der Waals surface area contributed by atoms with Gasteiger partial charge in [-0.15, -0.1) is 0 Å². The van der Waals surface area contributed by atoms with Gasteiger partial charge in [0.1, 0.15) is 22.8 Å². The predicted molar refractivity (Wildman–Crippen MR) is 270 cm³/mol. The smallest absolute Gasteiger partial charge is 0.427 e. The van der Waals surface area contributed by atoms with Gasteiger partial charge in [-0.1, -0.05) is 86.6 Å². The van der Waals surface area contributed by atoms with E-state index in [0.29, 0.717) is 0 Å². The largest absolute Gasteiger partial charge is 1.00 e. The topological polar surface area (TPSA) is 133 Å². The predicted octanol–water partition coefficient (Wildman–Crippen LogP) is 12.3. The average Bonchev–Trinajstić information content (AvgIpc) is 4.07. The van der Waals surface area contributed by atoms with Crippen LogP contribution in [0.3, 0.4) is 0 Å². The summed E-state index contributed by atoms with van der Waals surface area (Å²) in [6.45, 7) is 13.7. The summed E-state index contributed by atoms with van der Waals surface area (Å²) in [5, 5.41) is 23.9. The zero-order chi connectivity index (χ0) is 45.5. The zero-order valence-electron chi connectivity index (χ0n) is 39.0. The summed E-state index contributed by atoms with van der Waals surface area (Å²) < 4.78 is 4.23. The highest BCUT2D eigenvalue weighted by Crippen LogP contribution is 2.32. The van der Waals surface area contributed by atoms with E-state index in [-0.39, 0.29) is 1.43 Å². The number of pyridine rings is 4. The van der Waals surface area contributed by atoms with Crippen molar-refractivity contribution in [2.45, 2.75) is 48.4 Å². The fraction of sp³-hybridized carbons (Fsp3) is 0.170. The second kappa shape index (κ2) is 19.8. The minimum absolute atomic E-state index is 0. The molecule has 0 saturated heterocycles. The molecule has 0 aliphatic carbocycles. The summed E-state index contributed by atoms with van der Waals surface area (Å²) in [6, 6.07) is 41.8. The highest BCUT2D eigenvalue weighted by Gasteiger charge is 2.14. The highest BCUT2D eigenvalue weighted by molar-refractivity contribution is 6.39. The molecular formula is C53H56BN8O2+. The van der Waals surface area contributed by atoms with Gasteiger partial charge in [0.2, 0.25) is 0 Å². The van der Waals surface area contributed by atoms with Gasteiger partial charge in [0, 0.05) is 82.1 Å². The number of H-pyrrole nitrogens is 2. The number of aromatic amines is 2. The molecule has 0 atom stereocenters. The Kier molecular flexibility index (Phi) is 13.8. The molecule has 11 heteroatoms. The molecular weight excluding hydrogens is 791 g/mol. The van der Waals surface area contributed by atoms with Crippen molar-refractivity contribution in [3.63, 3.8) is 0 Å². The third kappa shape index (κ3) is 9.08. The monoisotopic (exact) mass is 847 g/mol. The summed E-state index contributed by atoms with van der Waals surface area (Å²) in [4.78, 5) is 24.4. The SMILES string of the molecule is CB(O)O.CC.Cc1cccc2c1[nH]c1ncccc12.Cc1cccc2c1[nH]c1ncccc12.Cc1cccc2c3cccn(C)c-3nc12.Cc1cccc2c3cccnc3n(C)c12.[H+]. The van der Waals surface area contributed by atoms with Crippen LogP contribution >= 0.6 is 0 Å². The van der Waals surface area contributed by atoms with Crippen LogP contribution in [0, 0.1) is 27.7 Å². The molecule has 8 heterocycles. The minimum atomic E-state index is -1.17. The molecule has 64 heavy (non-hydrogen) atoms. The van der Waals surface area contributed by atoms with Crippen LogP contribution in [0.4, 0.5) is 0 Å². The number of rotatable bonds is 0. The van der Waals surface area contributed by atoms with Crippen LogP contribution in [-0.4, -0.2) is 56.2 Å². The Labute approximate surface area is 375 Å². The molecule has 0 radical (unpaired) electrons. The number of fused-ring (bicyclic) bond motifs is 12. The van der Waals surface area contributed by atoms with E-state index in [2.05, 4.69) is 177 Å². The van der Waals surface area contributed by atoms with Gasteiger partial charge < -0.3 is 29.2 Å². The fourth-order valence-corrected chi connectivity index (χ4v) is 8.18. The maximum absolute atomic E-state index is 7.61. The molecule has 0 unspecified atom stereocenters. The van der Waals surface area contributed by atoms with Crippen molar-refractivity contribution >= 4 is 83.8 Å². The Morgan fingerprint density at radius 1 is 0.516 bits per heavy atom. The number of nitrogens with zero attached hydrogens (tertiary/aromatic N) is 6. The molecule has 322 valence electrons. The Morgan fingerprint density at radius 3 is 1.53 bits per heavy atom. The van der Waals surface area contributed by atoms with Gasteiger partial charge in [0.05, 0.1) is 22.1 Å². The summed E-state index contributed by atoms with van der Waals surface area (Å²) in [7, 11) is 2.94. The molecule has 0 saturated carbocycles. The van der Waals surface area contributed by atoms with E-state index in [4.69, 9.17) is 10.0 Å². The number of nitrogens with one attached hydrogen (secondary N) is 2. The van der Waals surface area contributed by atoms with Crippen LogP contribution in [0.1, 0.15) is 37.5 Å². The lowest BCUT2D eigenvalue weighted by molar-refractivity contribution is 0.417. The second-order valence-electron chi connectivity index (χ2n) is 15.5. The molecule has 10 nitrogen and oxygen atoms in total. The van der Waals surface area contributed by atoms with Crippen molar-refractivity contribution in [1.82, 2.24) is 39.0 Å². The van der Waals surface area contributed by atoms with Gasteiger partial charge in [0.25, 0.3) is 0 Å². The van der Waals surface area contributed by atoms with Gasteiger partial charge in [-0.2, -0.15) is 0 Å². The average molecular weight is 848 g/mol. The normalized spacial score (nSPS) is 10.7. The van der Waals surface area contributed by atoms with Crippen LogP contribution in [0.5, 0.6) is 0 Å². The lowest BCUT2D eigenvalue weighted by Gasteiger charge is -2.03. The lowest BCUT2D eigenvalue weighted by Crippen LogP contribution is -2.00.